The Morgan fingerprint density at radius 2 is 1.95 bits per heavy atom. The van der Waals surface area contributed by atoms with Gasteiger partial charge >= 0.3 is 0 Å². The lowest BCUT2D eigenvalue weighted by Gasteiger charge is -2.41. The van der Waals surface area contributed by atoms with Crippen molar-refractivity contribution in [2.45, 2.75) is 44.3 Å². The van der Waals surface area contributed by atoms with E-state index in [9.17, 15) is 4.79 Å². The third-order valence-electron chi connectivity index (χ3n) is 4.96. The highest BCUT2D eigenvalue weighted by molar-refractivity contribution is 5.77. The number of primary amides is 1. The van der Waals surface area contributed by atoms with Crippen molar-refractivity contribution in [1.82, 2.24) is 4.90 Å². The molecule has 4 heteroatoms. The van der Waals surface area contributed by atoms with Crippen molar-refractivity contribution in [2.75, 3.05) is 6.54 Å². The lowest BCUT2D eigenvalue weighted by Crippen LogP contribution is -2.47. The minimum atomic E-state index is -0.169. The molecular formula is C16H23N3O. The number of rotatable bonds is 2. The molecule has 1 aliphatic carbocycles. The minimum absolute atomic E-state index is 0.0183. The SMILES string of the molecule is CC1CCC(C(N)=O)CN1C1CC(N)c2ccccc21. The Bertz CT molecular complexity index is 516. The average Bonchev–Trinajstić information content (AvgIpc) is 2.77. The van der Waals surface area contributed by atoms with Gasteiger partial charge in [-0.05, 0) is 37.3 Å². The first-order valence-corrected chi connectivity index (χ1v) is 7.47. The Morgan fingerprint density at radius 1 is 1.25 bits per heavy atom. The summed E-state index contributed by atoms with van der Waals surface area (Å²) in [6.45, 7) is 3.01. The van der Waals surface area contributed by atoms with E-state index in [1.54, 1.807) is 0 Å². The molecule has 20 heavy (non-hydrogen) atoms. The van der Waals surface area contributed by atoms with Gasteiger partial charge in [0.05, 0.1) is 5.92 Å². The van der Waals surface area contributed by atoms with Crippen LogP contribution in [0.1, 0.15) is 49.4 Å². The smallest absolute Gasteiger partial charge is 0.221 e. The molecule has 1 heterocycles. The van der Waals surface area contributed by atoms with E-state index in [1.807, 2.05) is 6.07 Å². The molecule has 2 aliphatic rings. The second-order valence-electron chi connectivity index (χ2n) is 6.21. The van der Waals surface area contributed by atoms with Crippen LogP contribution in [0.2, 0.25) is 0 Å². The Hall–Kier alpha value is -1.39. The number of hydrogen-bond donors (Lipinski definition) is 2. The number of fused-ring (bicyclic) bond motifs is 1. The molecular weight excluding hydrogens is 250 g/mol. The first-order chi connectivity index (χ1) is 9.58. The summed E-state index contributed by atoms with van der Waals surface area (Å²) >= 11 is 0. The van der Waals surface area contributed by atoms with E-state index < -0.39 is 0 Å². The highest BCUT2D eigenvalue weighted by atomic mass is 16.1. The average molecular weight is 273 g/mol. The number of nitrogens with two attached hydrogens (primary N) is 2. The van der Waals surface area contributed by atoms with Crippen LogP contribution in [0.3, 0.4) is 0 Å². The van der Waals surface area contributed by atoms with Gasteiger partial charge in [-0.15, -0.1) is 0 Å². The lowest BCUT2D eigenvalue weighted by molar-refractivity contribution is -0.124. The van der Waals surface area contributed by atoms with Crippen LogP contribution >= 0.6 is 0 Å². The highest BCUT2D eigenvalue weighted by Crippen LogP contribution is 2.43. The summed E-state index contributed by atoms with van der Waals surface area (Å²) in [5, 5.41) is 0. The van der Waals surface area contributed by atoms with E-state index in [4.69, 9.17) is 11.5 Å². The fourth-order valence-electron chi connectivity index (χ4n) is 3.76. The number of hydrogen-bond acceptors (Lipinski definition) is 3. The first-order valence-electron chi connectivity index (χ1n) is 7.47. The summed E-state index contributed by atoms with van der Waals surface area (Å²) in [5.74, 6) is -0.187. The minimum Gasteiger partial charge on any atom is -0.369 e. The molecule has 4 nitrogen and oxygen atoms in total. The zero-order valence-electron chi connectivity index (χ0n) is 12.0. The van der Waals surface area contributed by atoms with Gasteiger partial charge in [0.1, 0.15) is 0 Å². The monoisotopic (exact) mass is 273 g/mol. The molecule has 4 unspecified atom stereocenters. The van der Waals surface area contributed by atoms with Crippen molar-refractivity contribution in [2.24, 2.45) is 17.4 Å². The van der Waals surface area contributed by atoms with E-state index in [0.29, 0.717) is 12.1 Å². The number of likely N-dealkylation sites (tertiary alicyclic amines) is 1. The van der Waals surface area contributed by atoms with Crippen LogP contribution in [0.4, 0.5) is 0 Å². The van der Waals surface area contributed by atoms with Gasteiger partial charge in [0.2, 0.25) is 5.91 Å². The Labute approximate surface area is 120 Å². The third kappa shape index (κ3) is 2.23. The third-order valence-corrected chi connectivity index (χ3v) is 4.96. The van der Waals surface area contributed by atoms with Gasteiger partial charge in [-0.25, -0.2) is 0 Å². The summed E-state index contributed by atoms with van der Waals surface area (Å²) < 4.78 is 0. The predicted molar refractivity (Wildman–Crippen MR) is 78.8 cm³/mol. The second kappa shape index (κ2) is 5.19. The maximum absolute atomic E-state index is 11.5. The largest absolute Gasteiger partial charge is 0.369 e. The summed E-state index contributed by atoms with van der Waals surface area (Å²) in [7, 11) is 0. The Balaban J connectivity index is 1.87. The maximum atomic E-state index is 11.5. The van der Waals surface area contributed by atoms with Gasteiger partial charge in [-0.3, -0.25) is 9.69 Å². The van der Waals surface area contributed by atoms with Crippen molar-refractivity contribution in [1.29, 1.82) is 0 Å². The van der Waals surface area contributed by atoms with Crippen LogP contribution in [0.25, 0.3) is 0 Å². The van der Waals surface area contributed by atoms with E-state index in [-0.39, 0.29) is 17.9 Å². The number of carbonyl (C=O) groups excluding carboxylic acids is 1. The van der Waals surface area contributed by atoms with Gasteiger partial charge in [-0.2, -0.15) is 0 Å². The molecule has 0 aromatic heterocycles. The topological polar surface area (TPSA) is 72.4 Å². The number of amides is 1. The zero-order chi connectivity index (χ0) is 14.3. The van der Waals surface area contributed by atoms with Gasteiger partial charge in [-0.1, -0.05) is 24.3 Å². The van der Waals surface area contributed by atoms with Gasteiger partial charge in [0.25, 0.3) is 0 Å². The molecule has 108 valence electrons. The van der Waals surface area contributed by atoms with E-state index in [0.717, 1.165) is 25.8 Å². The van der Waals surface area contributed by atoms with Gasteiger partial charge < -0.3 is 11.5 Å². The van der Waals surface area contributed by atoms with Crippen LogP contribution in [0, 0.1) is 5.92 Å². The first kappa shape index (κ1) is 13.6. The predicted octanol–water partition coefficient (Wildman–Crippen LogP) is 1.72. The van der Waals surface area contributed by atoms with Crippen LogP contribution in [0.5, 0.6) is 0 Å². The molecule has 1 aliphatic heterocycles. The van der Waals surface area contributed by atoms with Crippen molar-refractivity contribution >= 4 is 5.91 Å². The van der Waals surface area contributed by atoms with Gasteiger partial charge in [0, 0.05) is 24.7 Å². The van der Waals surface area contributed by atoms with Crippen LogP contribution in [-0.4, -0.2) is 23.4 Å². The molecule has 0 bridgehead atoms. The molecule has 1 fully saturated rings. The molecule has 3 rings (SSSR count). The van der Waals surface area contributed by atoms with Gasteiger partial charge in [0.15, 0.2) is 0 Å². The Kier molecular flexibility index (Phi) is 3.52. The standard InChI is InChI=1S/C16H23N3O/c1-10-6-7-11(16(18)20)9-19(10)15-8-14(17)12-4-2-3-5-13(12)15/h2-5,10-11,14-15H,6-9,17H2,1H3,(H2,18,20). The quantitative estimate of drug-likeness (QED) is 0.861. The molecule has 0 saturated carbocycles. The fraction of sp³-hybridized carbons (Fsp3) is 0.562. The van der Waals surface area contributed by atoms with Crippen LogP contribution in [0.15, 0.2) is 24.3 Å². The van der Waals surface area contributed by atoms with Crippen molar-refractivity contribution < 1.29 is 4.79 Å². The number of nitrogens with zero attached hydrogens (tertiary/aromatic N) is 1. The molecule has 0 radical (unpaired) electrons. The van der Waals surface area contributed by atoms with Crippen LogP contribution < -0.4 is 11.5 Å². The van der Waals surface area contributed by atoms with Crippen molar-refractivity contribution in [3.05, 3.63) is 35.4 Å². The molecule has 1 saturated heterocycles. The van der Waals surface area contributed by atoms with E-state index >= 15 is 0 Å². The summed E-state index contributed by atoms with van der Waals surface area (Å²) in [6.07, 6.45) is 2.88. The zero-order valence-corrected chi connectivity index (χ0v) is 12.0. The summed E-state index contributed by atoms with van der Waals surface area (Å²) in [4.78, 5) is 13.9. The van der Waals surface area contributed by atoms with E-state index in [2.05, 4.69) is 30.0 Å². The summed E-state index contributed by atoms with van der Waals surface area (Å²) in [6, 6.07) is 9.34. The highest BCUT2D eigenvalue weighted by Gasteiger charge is 2.38. The molecule has 1 aromatic carbocycles. The van der Waals surface area contributed by atoms with E-state index in [1.165, 1.54) is 11.1 Å². The Morgan fingerprint density at radius 3 is 2.65 bits per heavy atom. The fourth-order valence-corrected chi connectivity index (χ4v) is 3.76. The van der Waals surface area contributed by atoms with Crippen molar-refractivity contribution in [3.8, 4) is 0 Å². The van der Waals surface area contributed by atoms with Crippen molar-refractivity contribution in [3.63, 3.8) is 0 Å². The number of carbonyl (C=O) groups is 1. The van der Waals surface area contributed by atoms with Crippen LogP contribution in [-0.2, 0) is 4.79 Å². The molecule has 4 atom stereocenters. The lowest BCUT2D eigenvalue weighted by atomic mass is 9.90. The second-order valence-corrected chi connectivity index (χ2v) is 6.21. The molecule has 1 amide bonds. The molecule has 4 N–H and O–H groups in total. The molecule has 1 aromatic rings. The maximum Gasteiger partial charge on any atom is 0.221 e. The number of benzene rings is 1. The summed E-state index contributed by atoms with van der Waals surface area (Å²) in [5.41, 5.74) is 14.4. The number of piperidine rings is 1. The molecule has 0 spiro atoms. The normalized spacial score (nSPS) is 33.9.